The van der Waals surface area contributed by atoms with Crippen molar-refractivity contribution in [1.29, 1.82) is 0 Å². The zero-order valence-corrected chi connectivity index (χ0v) is 22.5. The highest BCUT2D eigenvalue weighted by atomic mass is 16.5. The average Bonchev–Trinajstić information content (AvgIpc) is 3.12. The molecule has 4 saturated carbocycles. The van der Waals surface area contributed by atoms with E-state index < -0.39 is 11.2 Å². The Hall–Kier alpha value is -0.120. The van der Waals surface area contributed by atoms with Crippen LogP contribution in [0.1, 0.15) is 125 Å². The second-order valence-corrected chi connectivity index (χ2v) is 13.4. The van der Waals surface area contributed by atoms with Gasteiger partial charge >= 0.3 is 0 Å². The second-order valence-electron chi connectivity index (χ2n) is 13.4. The van der Waals surface area contributed by atoms with Crippen LogP contribution >= 0.6 is 0 Å². The van der Waals surface area contributed by atoms with Gasteiger partial charge in [0.25, 0.3) is 0 Å². The predicted molar refractivity (Wildman–Crippen MR) is 136 cm³/mol. The van der Waals surface area contributed by atoms with Crippen LogP contribution in [0, 0.1) is 40.4 Å². The molecule has 0 spiro atoms. The molecule has 0 aromatic rings. The highest BCUT2D eigenvalue weighted by molar-refractivity contribution is 5.10. The van der Waals surface area contributed by atoms with Gasteiger partial charge < -0.3 is 14.9 Å². The van der Waals surface area contributed by atoms with E-state index in [2.05, 4.69) is 20.8 Å². The van der Waals surface area contributed by atoms with Crippen molar-refractivity contribution in [2.45, 2.75) is 136 Å². The first-order valence-electron chi connectivity index (χ1n) is 14.7. The SMILES string of the molecule is CC.CC12CC[C@](C)(O)CC1CC[C@@H]1C2CCC2(C)C1CC[C@@H]2CCCC1(O)CCOCC1. The Morgan fingerprint density at radius 2 is 1.45 bits per heavy atom. The van der Waals surface area contributed by atoms with Crippen LogP contribution in [-0.2, 0) is 4.74 Å². The Morgan fingerprint density at radius 3 is 2.18 bits per heavy atom. The van der Waals surface area contributed by atoms with Gasteiger partial charge in [-0.05, 0) is 131 Å². The van der Waals surface area contributed by atoms with Gasteiger partial charge in [0, 0.05) is 13.2 Å². The summed E-state index contributed by atoms with van der Waals surface area (Å²) in [5.41, 5.74) is 0.122. The molecule has 192 valence electrons. The second kappa shape index (κ2) is 9.74. The highest BCUT2D eigenvalue weighted by Crippen LogP contribution is 2.68. The molecule has 1 aliphatic heterocycles. The van der Waals surface area contributed by atoms with Crippen molar-refractivity contribution in [3.05, 3.63) is 0 Å². The molecule has 3 heteroatoms. The molecule has 0 aromatic heterocycles. The third-order valence-corrected chi connectivity index (χ3v) is 11.8. The standard InChI is InChI=1S/C28H48O3.C2H6/c1-25(29)13-14-27(3)21(19-25)6-8-22-23-9-7-20(26(23,2)12-10-24(22)27)5-4-11-28(30)15-17-31-18-16-28;1-2/h20-24,29-30H,4-19H2,1-3H3;1-2H3/t20-,21?,22-,23?,24?,25-,26?,27?;/m0./s1. The maximum atomic E-state index is 10.9. The molecule has 5 unspecified atom stereocenters. The van der Waals surface area contributed by atoms with Gasteiger partial charge in [-0.3, -0.25) is 0 Å². The van der Waals surface area contributed by atoms with Crippen molar-refractivity contribution in [3.8, 4) is 0 Å². The minimum absolute atomic E-state index is 0.423. The summed E-state index contributed by atoms with van der Waals surface area (Å²) in [6.45, 7) is 12.8. The molecule has 0 amide bonds. The van der Waals surface area contributed by atoms with Gasteiger partial charge in [0.1, 0.15) is 0 Å². The van der Waals surface area contributed by atoms with E-state index >= 15 is 0 Å². The molecular formula is C30H54O3. The summed E-state index contributed by atoms with van der Waals surface area (Å²) in [6, 6.07) is 0. The van der Waals surface area contributed by atoms with Crippen LogP contribution in [0.15, 0.2) is 0 Å². The largest absolute Gasteiger partial charge is 0.390 e. The van der Waals surface area contributed by atoms with Crippen molar-refractivity contribution in [2.75, 3.05) is 13.2 Å². The van der Waals surface area contributed by atoms with Gasteiger partial charge in [-0.25, -0.2) is 0 Å². The smallest absolute Gasteiger partial charge is 0.0691 e. The molecule has 5 rings (SSSR count). The van der Waals surface area contributed by atoms with E-state index in [1.807, 2.05) is 13.8 Å². The molecule has 4 aliphatic carbocycles. The predicted octanol–water partition coefficient (Wildman–Crippen LogP) is 7.13. The monoisotopic (exact) mass is 462 g/mol. The number of hydrogen-bond donors (Lipinski definition) is 2. The molecule has 8 atom stereocenters. The summed E-state index contributed by atoms with van der Waals surface area (Å²) in [6.07, 6.45) is 16.9. The van der Waals surface area contributed by atoms with Gasteiger partial charge in [-0.15, -0.1) is 0 Å². The summed E-state index contributed by atoms with van der Waals surface area (Å²) >= 11 is 0. The van der Waals surface area contributed by atoms with Crippen LogP contribution in [0.5, 0.6) is 0 Å². The summed E-state index contributed by atoms with van der Waals surface area (Å²) < 4.78 is 5.46. The number of rotatable bonds is 4. The Labute approximate surface area is 204 Å². The lowest BCUT2D eigenvalue weighted by Gasteiger charge is -2.62. The van der Waals surface area contributed by atoms with Crippen molar-refractivity contribution in [1.82, 2.24) is 0 Å². The number of aliphatic hydroxyl groups is 2. The molecule has 2 N–H and O–H groups in total. The molecule has 0 bridgehead atoms. The Morgan fingerprint density at radius 1 is 0.758 bits per heavy atom. The molecule has 0 aromatic carbocycles. The first kappa shape index (κ1) is 26.0. The Bertz CT molecular complexity index is 653. The summed E-state index contributed by atoms with van der Waals surface area (Å²) in [4.78, 5) is 0. The normalized spacial score (nSPS) is 48.6. The zero-order chi connectivity index (χ0) is 23.9. The van der Waals surface area contributed by atoms with Gasteiger partial charge in [-0.1, -0.05) is 34.1 Å². The molecule has 5 fully saturated rings. The fourth-order valence-electron chi connectivity index (χ4n) is 9.69. The van der Waals surface area contributed by atoms with Crippen LogP contribution in [0.4, 0.5) is 0 Å². The number of hydrogen-bond acceptors (Lipinski definition) is 3. The Balaban J connectivity index is 0.00000126. The maximum absolute atomic E-state index is 10.9. The minimum Gasteiger partial charge on any atom is -0.390 e. The average molecular weight is 463 g/mol. The van der Waals surface area contributed by atoms with E-state index in [1.165, 1.54) is 57.8 Å². The molecular weight excluding hydrogens is 408 g/mol. The van der Waals surface area contributed by atoms with Gasteiger partial charge in [0.15, 0.2) is 0 Å². The summed E-state index contributed by atoms with van der Waals surface area (Å²) in [7, 11) is 0. The lowest BCUT2D eigenvalue weighted by Crippen LogP contribution is -2.55. The summed E-state index contributed by atoms with van der Waals surface area (Å²) in [5.74, 6) is 4.33. The maximum Gasteiger partial charge on any atom is 0.0691 e. The molecule has 3 nitrogen and oxygen atoms in total. The van der Waals surface area contributed by atoms with Crippen molar-refractivity contribution < 1.29 is 14.9 Å². The molecule has 0 radical (unpaired) electrons. The van der Waals surface area contributed by atoms with Gasteiger partial charge in [0.2, 0.25) is 0 Å². The fourth-order valence-corrected chi connectivity index (χ4v) is 9.69. The lowest BCUT2D eigenvalue weighted by atomic mass is 9.44. The van der Waals surface area contributed by atoms with Crippen LogP contribution in [0.2, 0.25) is 0 Å². The van der Waals surface area contributed by atoms with E-state index in [0.29, 0.717) is 10.8 Å². The van der Waals surface area contributed by atoms with Crippen LogP contribution in [0.25, 0.3) is 0 Å². The Kier molecular flexibility index (Phi) is 7.66. The molecule has 33 heavy (non-hydrogen) atoms. The third kappa shape index (κ3) is 4.82. The number of ether oxygens (including phenoxy) is 1. The third-order valence-electron chi connectivity index (χ3n) is 11.8. The molecule has 1 saturated heterocycles. The fraction of sp³-hybridized carbons (Fsp3) is 1.00. The highest BCUT2D eigenvalue weighted by Gasteiger charge is 2.60. The van der Waals surface area contributed by atoms with E-state index in [1.54, 1.807) is 0 Å². The van der Waals surface area contributed by atoms with E-state index in [0.717, 1.165) is 74.9 Å². The van der Waals surface area contributed by atoms with Crippen LogP contribution in [-0.4, -0.2) is 34.6 Å². The quantitative estimate of drug-likeness (QED) is 0.467. The van der Waals surface area contributed by atoms with Crippen LogP contribution in [0.3, 0.4) is 0 Å². The lowest BCUT2D eigenvalue weighted by molar-refractivity contribution is -0.146. The first-order chi connectivity index (χ1) is 15.7. The first-order valence-corrected chi connectivity index (χ1v) is 14.7. The topological polar surface area (TPSA) is 49.7 Å². The van der Waals surface area contributed by atoms with Gasteiger partial charge in [0.05, 0.1) is 11.2 Å². The van der Waals surface area contributed by atoms with Crippen molar-refractivity contribution in [3.63, 3.8) is 0 Å². The van der Waals surface area contributed by atoms with Crippen molar-refractivity contribution in [2.24, 2.45) is 40.4 Å². The van der Waals surface area contributed by atoms with E-state index in [9.17, 15) is 10.2 Å². The van der Waals surface area contributed by atoms with E-state index in [-0.39, 0.29) is 0 Å². The van der Waals surface area contributed by atoms with E-state index in [4.69, 9.17) is 4.74 Å². The minimum atomic E-state index is -0.454. The van der Waals surface area contributed by atoms with Crippen LogP contribution < -0.4 is 0 Å². The molecule has 1 heterocycles. The summed E-state index contributed by atoms with van der Waals surface area (Å²) in [5, 5.41) is 21.6. The zero-order valence-electron chi connectivity index (χ0n) is 22.5. The number of fused-ring (bicyclic) bond motifs is 5. The van der Waals surface area contributed by atoms with Crippen molar-refractivity contribution >= 4 is 0 Å². The molecule has 5 aliphatic rings. The van der Waals surface area contributed by atoms with Gasteiger partial charge in [-0.2, -0.15) is 0 Å².